The number of halogens is 2. The highest BCUT2D eigenvalue weighted by atomic mass is 35.5. The van der Waals surface area contributed by atoms with Crippen LogP contribution in [0.15, 0.2) is 18.2 Å². The van der Waals surface area contributed by atoms with Gasteiger partial charge in [-0.25, -0.2) is 0 Å². The number of hydrogen-bond donors (Lipinski definition) is 2. The largest absolute Gasteiger partial charge is 0.324 e. The van der Waals surface area contributed by atoms with Crippen LogP contribution in [0.25, 0.3) is 0 Å². The maximum atomic E-state index is 11.6. The van der Waals surface area contributed by atoms with E-state index in [1.807, 2.05) is 0 Å². The third-order valence-corrected chi connectivity index (χ3v) is 3.23. The summed E-state index contributed by atoms with van der Waals surface area (Å²) in [5, 5.41) is 6.61. The second-order valence-electron chi connectivity index (χ2n) is 4.51. The summed E-state index contributed by atoms with van der Waals surface area (Å²) in [4.78, 5) is 11.6. The number of carbonyl (C=O) groups excluding carboxylic acids is 1. The van der Waals surface area contributed by atoms with Crippen LogP contribution >= 0.6 is 23.2 Å². The zero-order chi connectivity index (χ0) is 13.5. The van der Waals surface area contributed by atoms with Crippen molar-refractivity contribution < 1.29 is 4.79 Å². The van der Waals surface area contributed by atoms with Crippen LogP contribution in [0, 0.1) is 5.92 Å². The van der Waals surface area contributed by atoms with E-state index in [1.165, 1.54) is 0 Å². The number of benzene rings is 1. The molecule has 1 amide bonds. The predicted octanol–water partition coefficient (Wildman–Crippen LogP) is 3.57. The molecule has 0 aliphatic carbocycles. The summed E-state index contributed by atoms with van der Waals surface area (Å²) < 4.78 is 0. The van der Waals surface area contributed by atoms with Crippen molar-refractivity contribution in [3.05, 3.63) is 28.2 Å². The normalized spacial score (nSPS) is 10.7. The molecule has 1 rings (SSSR count). The maximum Gasteiger partial charge on any atom is 0.238 e. The van der Waals surface area contributed by atoms with E-state index in [9.17, 15) is 4.79 Å². The van der Waals surface area contributed by atoms with Crippen LogP contribution in [-0.2, 0) is 4.79 Å². The molecule has 0 saturated carbocycles. The molecule has 5 heteroatoms. The minimum atomic E-state index is -0.122. The van der Waals surface area contributed by atoms with Crippen molar-refractivity contribution in [3.63, 3.8) is 0 Å². The van der Waals surface area contributed by atoms with Crippen molar-refractivity contribution in [3.8, 4) is 0 Å². The Bertz CT molecular complexity index is 408. The maximum absolute atomic E-state index is 11.6. The highest BCUT2D eigenvalue weighted by molar-refractivity contribution is 6.43. The number of amides is 1. The van der Waals surface area contributed by atoms with Gasteiger partial charge in [0, 0.05) is 0 Å². The molecule has 3 nitrogen and oxygen atoms in total. The highest BCUT2D eigenvalue weighted by Crippen LogP contribution is 2.29. The lowest BCUT2D eigenvalue weighted by molar-refractivity contribution is -0.115. The van der Waals surface area contributed by atoms with E-state index in [1.54, 1.807) is 18.2 Å². The van der Waals surface area contributed by atoms with Crippen molar-refractivity contribution in [1.29, 1.82) is 0 Å². The topological polar surface area (TPSA) is 41.1 Å². The smallest absolute Gasteiger partial charge is 0.238 e. The summed E-state index contributed by atoms with van der Waals surface area (Å²) >= 11 is 11.8. The van der Waals surface area contributed by atoms with Crippen LogP contribution in [0.1, 0.15) is 20.3 Å². The van der Waals surface area contributed by atoms with Crippen LogP contribution in [0.2, 0.25) is 10.0 Å². The predicted molar refractivity (Wildman–Crippen MR) is 77.4 cm³/mol. The van der Waals surface area contributed by atoms with Gasteiger partial charge in [-0.15, -0.1) is 0 Å². The number of hydrogen-bond acceptors (Lipinski definition) is 2. The van der Waals surface area contributed by atoms with Crippen molar-refractivity contribution in [2.45, 2.75) is 20.3 Å². The molecule has 1 aromatic carbocycles. The molecule has 18 heavy (non-hydrogen) atoms. The Morgan fingerprint density at radius 3 is 2.72 bits per heavy atom. The Kier molecular flexibility index (Phi) is 6.47. The molecular weight excluding hydrogens is 271 g/mol. The van der Waals surface area contributed by atoms with E-state index < -0.39 is 0 Å². The molecule has 0 aromatic heterocycles. The van der Waals surface area contributed by atoms with Gasteiger partial charge in [-0.3, -0.25) is 4.79 Å². The van der Waals surface area contributed by atoms with Gasteiger partial charge >= 0.3 is 0 Å². The molecule has 0 aliphatic heterocycles. The molecule has 2 N–H and O–H groups in total. The molecule has 0 radical (unpaired) electrons. The molecule has 100 valence electrons. The first-order valence-corrected chi connectivity index (χ1v) is 6.71. The Morgan fingerprint density at radius 1 is 1.33 bits per heavy atom. The fourth-order valence-electron chi connectivity index (χ4n) is 1.39. The Hall–Kier alpha value is -0.770. The quantitative estimate of drug-likeness (QED) is 0.786. The van der Waals surface area contributed by atoms with Crippen LogP contribution in [-0.4, -0.2) is 19.0 Å². The van der Waals surface area contributed by atoms with Crippen LogP contribution in [0.5, 0.6) is 0 Å². The lowest BCUT2D eigenvalue weighted by atomic mass is 10.1. The Labute approximate surface area is 118 Å². The van der Waals surface area contributed by atoms with Crippen LogP contribution in [0.3, 0.4) is 0 Å². The van der Waals surface area contributed by atoms with Gasteiger partial charge in [0.1, 0.15) is 0 Å². The van der Waals surface area contributed by atoms with Gasteiger partial charge in [-0.05, 0) is 31.0 Å². The molecule has 0 bridgehead atoms. The minimum absolute atomic E-state index is 0.122. The standard InChI is InChI=1S/C13H18Cl2N2O/c1-9(2)6-7-16-8-12(18)17-11-5-3-4-10(14)13(11)15/h3-5,9,16H,6-8H2,1-2H3,(H,17,18). The fourth-order valence-corrected chi connectivity index (χ4v) is 1.74. The Balaban J connectivity index is 2.38. The SMILES string of the molecule is CC(C)CCNCC(=O)Nc1cccc(Cl)c1Cl. The highest BCUT2D eigenvalue weighted by Gasteiger charge is 2.07. The number of anilines is 1. The van der Waals surface area contributed by atoms with Crippen molar-refractivity contribution >= 4 is 34.8 Å². The molecule has 0 heterocycles. The molecule has 0 atom stereocenters. The number of carbonyl (C=O) groups is 1. The average molecular weight is 289 g/mol. The zero-order valence-corrected chi connectivity index (χ0v) is 12.1. The molecule has 0 spiro atoms. The fraction of sp³-hybridized carbons (Fsp3) is 0.462. The van der Waals surface area contributed by atoms with Gasteiger partial charge in [0.15, 0.2) is 0 Å². The third-order valence-electron chi connectivity index (χ3n) is 2.41. The van der Waals surface area contributed by atoms with Gasteiger partial charge in [0.2, 0.25) is 5.91 Å². The summed E-state index contributed by atoms with van der Waals surface area (Å²) in [5.41, 5.74) is 0.542. The van der Waals surface area contributed by atoms with Gasteiger partial charge < -0.3 is 10.6 Å². The molecule has 0 saturated heterocycles. The van der Waals surface area contributed by atoms with Crippen molar-refractivity contribution in [2.75, 3.05) is 18.4 Å². The first-order valence-electron chi connectivity index (χ1n) is 5.95. The Morgan fingerprint density at radius 2 is 2.06 bits per heavy atom. The summed E-state index contributed by atoms with van der Waals surface area (Å²) in [6.45, 7) is 5.39. The third kappa shape index (κ3) is 5.25. The second kappa shape index (κ2) is 7.62. The minimum Gasteiger partial charge on any atom is -0.324 e. The van der Waals surface area contributed by atoms with Crippen LogP contribution < -0.4 is 10.6 Å². The van der Waals surface area contributed by atoms with E-state index >= 15 is 0 Å². The first kappa shape index (κ1) is 15.3. The molecule has 0 aliphatic rings. The second-order valence-corrected chi connectivity index (χ2v) is 5.29. The van der Waals surface area contributed by atoms with Gasteiger partial charge in [-0.2, -0.15) is 0 Å². The summed E-state index contributed by atoms with van der Waals surface area (Å²) in [7, 11) is 0. The van der Waals surface area contributed by atoms with E-state index in [2.05, 4.69) is 24.5 Å². The lowest BCUT2D eigenvalue weighted by Gasteiger charge is -2.09. The van der Waals surface area contributed by atoms with Gasteiger partial charge in [0.25, 0.3) is 0 Å². The van der Waals surface area contributed by atoms with Crippen LogP contribution in [0.4, 0.5) is 5.69 Å². The zero-order valence-electron chi connectivity index (χ0n) is 10.6. The molecular formula is C13H18Cl2N2O. The number of nitrogens with one attached hydrogen (secondary N) is 2. The van der Waals surface area contributed by atoms with E-state index in [0.717, 1.165) is 13.0 Å². The lowest BCUT2D eigenvalue weighted by Crippen LogP contribution is -2.29. The van der Waals surface area contributed by atoms with Crippen molar-refractivity contribution in [1.82, 2.24) is 5.32 Å². The van der Waals surface area contributed by atoms with Crippen molar-refractivity contribution in [2.24, 2.45) is 5.92 Å². The van der Waals surface area contributed by atoms with E-state index in [4.69, 9.17) is 23.2 Å². The summed E-state index contributed by atoms with van der Waals surface area (Å²) in [5.74, 6) is 0.505. The summed E-state index contributed by atoms with van der Waals surface area (Å²) in [6, 6.07) is 5.15. The number of rotatable bonds is 6. The average Bonchev–Trinajstić information content (AvgIpc) is 2.30. The monoisotopic (exact) mass is 288 g/mol. The first-order chi connectivity index (χ1) is 8.50. The van der Waals surface area contributed by atoms with E-state index in [-0.39, 0.29) is 12.5 Å². The summed E-state index contributed by atoms with van der Waals surface area (Å²) in [6.07, 6.45) is 1.05. The molecule has 1 aromatic rings. The molecule has 0 fully saturated rings. The molecule has 0 unspecified atom stereocenters. The van der Waals surface area contributed by atoms with Gasteiger partial charge in [-0.1, -0.05) is 43.1 Å². The van der Waals surface area contributed by atoms with E-state index in [0.29, 0.717) is 21.7 Å². The van der Waals surface area contributed by atoms with Gasteiger partial charge in [0.05, 0.1) is 22.3 Å².